The summed E-state index contributed by atoms with van der Waals surface area (Å²) in [7, 11) is 0. The summed E-state index contributed by atoms with van der Waals surface area (Å²) in [5.41, 5.74) is 2.30. The number of nitrogens with zero attached hydrogens (tertiary/aromatic N) is 5. The maximum absolute atomic E-state index is 5.87. The minimum Gasteiger partial charge on any atom is -0.408 e. The van der Waals surface area contributed by atoms with Gasteiger partial charge in [-0.2, -0.15) is 5.10 Å². The Bertz CT molecular complexity index is 642. The molecular formula is C15H21N5O. The van der Waals surface area contributed by atoms with Crippen LogP contribution in [0.25, 0.3) is 0 Å². The molecule has 6 heteroatoms. The molecule has 2 aliphatic rings. The lowest BCUT2D eigenvalue weighted by Crippen LogP contribution is -2.22. The van der Waals surface area contributed by atoms with Gasteiger partial charge in [-0.25, -0.2) is 0 Å². The average molecular weight is 287 g/mol. The van der Waals surface area contributed by atoms with Gasteiger partial charge in [-0.3, -0.25) is 4.68 Å². The second-order valence-electron chi connectivity index (χ2n) is 6.31. The van der Waals surface area contributed by atoms with Crippen molar-refractivity contribution in [2.24, 2.45) is 0 Å². The van der Waals surface area contributed by atoms with Crippen LogP contribution in [0.15, 0.2) is 10.5 Å². The number of hydrogen-bond acceptors (Lipinski definition) is 5. The normalized spacial score (nSPS) is 22.8. The molecular weight excluding hydrogens is 266 g/mol. The van der Waals surface area contributed by atoms with Crippen molar-refractivity contribution in [2.45, 2.75) is 51.5 Å². The molecule has 1 saturated heterocycles. The summed E-state index contributed by atoms with van der Waals surface area (Å²) in [6, 6.07) is 3.21. The lowest BCUT2D eigenvalue weighted by molar-refractivity contribution is 0.335. The topological polar surface area (TPSA) is 60.0 Å². The summed E-state index contributed by atoms with van der Waals surface area (Å²) < 4.78 is 8.00. The Morgan fingerprint density at radius 1 is 1.19 bits per heavy atom. The van der Waals surface area contributed by atoms with Gasteiger partial charge in [0.1, 0.15) is 0 Å². The fourth-order valence-corrected chi connectivity index (χ4v) is 3.31. The average Bonchev–Trinajstić information content (AvgIpc) is 3.06. The molecule has 0 aromatic carbocycles. The van der Waals surface area contributed by atoms with E-state index in [-0.39, 0.29) is 0 Å². The summed E-state index contributed by atoms with van der Waals surface area (Å²) >= 11 is 0. The highest BCUT2D eigenvalue weighted by Gasteiger charge is 2.31. The molecule has 3 heterocycles. The van der Waals surface area contributed by atoms with E-state index in [4.69, 9.17) is 4.42 Å². The first-order chi connectivity index (χ1) is 10.2. The third-order valence-electron chi connectivity index (χ3n) is 4.71. The van der Waals surface area contributed by atoms with E-state index in [0.29, 0.717) is 18.0 Å². The van der Waals surface area contributed by atoms with E-state index in [9.17, 15) is 0 Å². The zero-order valence-corrected chi connectivity index (χ0v) is 12.6. The fourth-order valence-electron chi connectivity index (χ4n) is 3.31. The van der Waals surface area contributed by atoms with Gasteiger partial charge in [-0.05, 0) is 39.2 Å². The summed E-state index contributed by atoms with van der Waals surface area (Å²) in [4.78, 5) is 2.19. The van der Waals surface area contributed by atoms with Crippen molar-refractivity contribution in [3.63, 3.8) is 0 Å². The van der Waals surface area contributed by atoms with Crippen molar-refractivity contribution in [3.05, 3.63) is 23.3 Å². The molecule has 6 nitrogen and oxygen atoms in total. The maximum atomic E-state index is 5.87. The maximum Gasteiger partial charge on any atom is 0.318 e. The van der Waals surface area contributed by atoms with Crippen LogP contribution in [0.5, 0.6) is 0 Å². The molecule has 2 fully saturated rings. The molecule has 0 spiro atoms. The Morgan fingerprint density at radius 3 is 2.71 bits per heavy atom. The van der Waals surface area contributed by atoms with Crippen LogP contribution in [-0.2, 0) is 0 Å². The molecule has 1 saturated carbocycles. The van der Waals surface area contributed by atoms with E-state index in [1.807, 2.05) is 6.92 Å². The Kier molecular flexibility index (Phi) is 2.97. The second kappa shape index (κ2) is 4.86. The van der Waals surface area contributed by atoms with Crippen LogP contribution in [0, 0.1) is 13.8 Å². The van der Waals surface area contributed by atoms with Crippen LogP contribution >= 0.6 is 0 Å². The third kappa shape index (κ3) is 2.22. The zero-order valence-electron chi connectivity index (χ0n) is 12.6. The van der Waals surface area contributed by atoms with Gasteiger partial charge >= 0.3 is 6.01 Å². The molecule has 0 radical (unpaired) electrons. The summed E-state index contributed by atoms with van der Waals surface area (Å²) in [5.74, 6) is 1.33. The van der Waals surface area contributed by atoms with Gasteiger partial charge in [0.25, 0.3) is 0 Å². The van der Waals surface area contributed by atoms with Gasteiger partial charge in [0.2, 0.25) is 5.89 Å². The predicted molar refractivity (Wildman–Crippen MR) is 78.5 cm³/mol. The van der Waals surface area contributed by atoms with E-state index in [2.05, 4.69) is 37.9 Å². The number of aryl methyl sites for hydroxylation is 2. The van der Waals surface area contributed by atoms with Crippen LogP contribution in [-0.4, -0.2) is 33.1 Å². The van der Waals surface area contributed by atoms with Gasteiger partial charge in [0.05, 0.1) is 11.7 Å². The quantitative estimate of drug-likeness (QED) is 0.868. The number of anilines is 1. The largest absolute Gasteiger partial charge is 0.408 e. The van der Waals surface area contributed by atoms with E-state index in [1.165, 1.54) is 25.0 Å². The monoisotopic (exact) mass is 287 g/mol. The molecule has 0 N–H and O–H groups in total. The van der Waals surface area contributed by atoms with Crippen LogP contribution in [0.1, 0.15) is 54.9 Å². The minimum absolute atomic E-state index is 0.401. The zero-order chi connectivity index (χ0) is 14.4. The van der Waals surface area contributed by atoms with Crippen LogP contribution in [0.2, 0.25) is 0 Å². The summed E-state index contributed by atoms with van der Waals surface area (Å²) in [6.07, 6.45) is 4.74. The lowest BCUT2D eigenvalue weighted by atomic mass is 9.85. The number of rotatable bonds is 3. The minimum atomic E-state index is 0.401. The fraction of sp³-hybridized carbons (Fsp3) is 0.667. The van der Waals surface area contributed by atoms with Crippen LogP contribution in [0.3, 0.4) is 0 Å². The van der Waals surface area contributed by atoms with Gasteiger partial charge < -0.3 is 9.32 Å². The van der Waals surface area contributed by atoms with Gasteiger partial charge in [-0.1, -0.05) is 11.5 Å². The molecule has 1 aliphatic carbocycles. The molecule has 4 rings (SSSR count). The second-order valence-corrected chi connectivity index (χ2v) is 6.31. The Labute approximate surface area is 124 Å². The molecule has 2 aromatic rings. The van der Waals surface area contributed by atoms with Crippen molar-refractivity contribution in [1.82, 2.24) is 20.0 Å². The summed E-state index contributed by atoms with van der Waals surface area (Å²) in [6.45, 7) is 6.01. The highest BCUT2D eigenvalue weighted by atomic mass is 16.4. The van der Waals surface area contributed by atoms with Crippen molar-refractivity contribution in [2.75, 3.05) is 18.0 Å². The molecule has 0 bridgehead atoms. The molecule has 1 aliphatic heterocycles. The third-order valence-corrected chi connectivity index (χ3v) is 4.71. The van der Waals surface area contributed by atoms with Crippen molar-refractivity contribution in [3.8, 4) is 0 Å². The van der Waals surface area contributed by atoms with E-state index >= 15 is 0 Å². The van der Waals surface area contributed by atoms with Crippen LogP contribution < -0.4 is 4.90 Å². The van der Waals surface area contributed by atoms with E-state index in [1.54, 1.807) is 0 Å². The predicted octanol–water partition coefficient (Wildman–Crippen LogP) is 2.60. The van der Waals surface area contributed by atoms with Gasteiger partial charge in [0.15, 0.2) is 0 Å². The van der Waals surface area contributed by atoms with E-state index in [0.717, 1.165) is 31.1 Å². The molecule has 112 valence electrons. The van der Waals surface area contributed by atoms with Crippen molar-refractivity contribution >= 4 is 6.01 Å². The Hall–Kier alpha value is -1.85. The van der Waals surface area contributed by atoms with Crippen molar-refractivity contribution < 1.29 is 4.42 Å². The standard InChI is InChI=1S/C15H21N5O/c1-10-8-11(2)20(18-10)13-6-7-19(9-13)15-17-16-14(21-15)12-4-3-5-12/h8,12-13H,3-7,9H2,1-2H3/t13-/m1/s1. The lowest BCUT2D eigenvalue weighted by Gasteiger charge is -2.21. The SMILES string of the molecule is Cc1cc(C)n([C@@H]2CCN(c3nnc(C4CCC4)o3)C2)n1. The molecule has 1 atom stereocenters. The Morgan fingerprint density at radius 2 is 2.05 bits per heavy atom. The van der Waals surface area contributed by atoms with Crippen molar-refractivity contribution in [1.29, 1.82) is 0 Å². The first-order valence-corrected chi connectivity index (χ1v) is 7.82. The number of aromatic nitrogens is 4. The smallest absolute Gasteiger partial charge is 0.318 e. The molecule has 2 aromatic heterocycles. The summed E-state index contributed by atoms with van der Waals surface area (Å²) in [5, 5.41) is 13.1. The highest BCUT2D eigenvalue weighted by Crippen LogP contribution is 2.37. The highest BCUT2D eigenvalue weighted by molar-refractivity contribution is 5.28. The first kappa shape index (κ1) is 12.9. The number of hydrogen-bond donors (Lipinski definition) is 0. The Balaban J connectivity index is 1.48. The van der Waals surface area contributed by atoms with E-state index < -0.39 is 0 Å². The molecule has 21 heavy (non-hydrogen) atoms. The van der Waals surface area contributed by atoms with Crippen LogP contribution in [0.4, 0.5) is 6.01 Å². The molecule has 0 amide bonds. The first-order valence-electron chi connectivity index (χ1n) is 7.82. The van der Waals surface area contributed by atoms with Gasteiger partial charge in [-0.15, -0.1) is 5.10 Å². The van der Waals surface area contributed by atoms with Gasteiger partial charge in [0, 0.05) is 24.7 Å². The molecule has 0 unspecified atom stereocenters.